The summed E-state index contributed by atoms with van der Waals surface area (Å²) in [5.74, 6) is 0. The Morgan fingerprint density at radius 1 is 0.275 bits per heavy atom. The molecule has 51 heavy (non-hydrogen) atoms. The fourth-order valence-electron chi connectivity index (χ4n) is 8.17. The molecule has 0 fully saturated rings. The summed E-state index contributed by atoms with van der Waals surface area (Å²) in [6, 6.07) is 65.5. The Balaban J connectivity index is 1.08. The third kappa shape index (κ3) is 4.25. The molecule has 3 heteroatoms. The number of fused-ring (bicyclic) bond motifs is 9. The minimum atomic E-state index is 0.887. The molecular formula is C48H30N2O. The molecule has 0 bridgehead atoms. The third-order valence-corrected chi connectivity index (χ3v) is 10.5. The summed E-state index contributed by atoms with van der Waals surface area (Å²) in [4.78, 5) is 0. The number of nitrogens with zero attached hydrogens (tertiary/aromatic N) is 2. The lowest BCUT2D eigenvalue weighted by atomic mass is 9.98. The zero-order valence-electron chi connectivity index (χ0n) is 27.6. The highest BCUT2D eigenvalue weighted by molar-refractivity contribution is 6.13. The monoisotopic (exact) mass is 650 g/mol. The van der Waals surface area contributed by atoms with Gasteiger partial charge >= 0.3 is 0 Å². The molecule has 0 saturated carbocycles. The van der Waals surface area contributed by atoms with Crippen LogP contribution < -0.4 is 0 Å². The summed E-state index contributed by atoms with van der Waals surface area (Å²) in [6.07, 6.45) is 0. The van der Waals surface area contributed by atoms with Gasteiger partial charge in [0.2, 0.25) is 0 Å². The quantitative estimate of drug-likeness (QED) is 0.186. The Bertz CT molecular complexity index is 3090. The lowest BCUT2D eigenvalue weighted by molar-refractivity contribution is 0.669. The van der Waals surface area contributed by atoms with Crippen molar-refractivity contribution in [1.82, 2.24) is 9.13 Å². The lowest BCUT2D eigenvalue weighted by Gasteiger charge is -2.10. The number of para-hydroxylation sites is 3. The van der Waals surface area contributed by atoms with Crippen molar-refractivity contribution < 1.29 is 4.42 Å². The first-order valence-corrected chi connectivity index (χ1v) is 17.4. The highest BCUT2D eigenvalue weighted by Gasteiger charge is 2.17. The average molecular weight is 651 g/mol. The predicted octanol–water partition coefficient (Wildman–Crippen LogP) is 13.1. The first-order chi connectivity index (χ1) is 25.3. The molecule has 0 aliphatic heterocycles. The van der Waals surface area contributed by atoms with Crippen LogP contribution in [0.3, 0.4) is 0 Å². The number of hydrogen-bond donors (Lipinski definition) is 0. The zero-order valence-corrected chi connectivity index (χ0v) is 27.6. The Kier molecular flexibility index (Phi) is 5.96. The summed E-state index contributed by atoms with van der Waals surface area (Å²) in [7, 11) is 0. The number of hydrogen-bond acceptors (Lipinski definition) is 1. The third-order valence-electron chi connectivity index (χ3n) is 10.5. The van der Waals surface area contributed by atoms with E-state index in [1.165, 1.54) is 65.9 Å². The zero-order chi connectivity index (χ0) is 33.5. The van der Waals surface area contributed by atoms with Gasteiger partial charge in [0, 0.05) is 43.7 Å². The van der Waals surface area contributed by atoms with Crippen molar-refractivity contribution >= 4 is 65.6 Å². The SMILES string of the molecule is c1ccc(-c2cccc(-c3ccc4oc5ccc(-n6c7ccccc7c7cc(-n8c9ccccc9c9ccccc98)ccc76)cc5c4c3)c2)cc1. The van der Waals surface area contributed by atoms with Crippen LogP contribution in [-0.4, -0.2) is 9.13 Å². The summed E-state index contributed by atoms with van der Waals surface area (Å²) in [5.41, 5.74) is 13.6. The fraction of sp³-hybridized carbons (Fsp3) is 0. The maximum absolute atomic E-state index is 6.40. The molecule has 0 atom stereocenters. The smallest absolute Gasteiger partial charge is 0.135 e. The summed E-state index contributed by atoms with van der Waals surface area (Å²) in [6.45, 7) is 0. The van der Waals surface area contributed by atoms with Gasteiger partial charge in [-0.15, -0.1) is 0 Å². The predicted molar refractivity (Wildman–Crippen MR) is 213 cm³/mol. The molecule has 11 rings (SSSR count). The maximum atomic E-state index is 6.40. The molecule has 0 saturated heterocycles. The van der Waals surface area contributed by atoms with Gasteiger partial charge < -0.3 is 13.6 Å². The van der Waals surface area contributed by atoms with Crippen molar-refractivity contribution in [1.29, 1.82) is 0 Å². The molecule has 0 aliphatic rings. The van der Waals surface area contributed by atoms with Crippen LogP contribution in [0.5, 0.6) is 0 Å². The number of aromatic nitrogens is 2. The van der Waals surface area contributed by atoms with Gasteiger partial charge in [-0.05, 0) is 95.1 Å². The van der Waals surface area contributed by atoms with Crippen LogP contribution in [0.15, 0.2) is 186 Å². The highest BCUT2D eigenvalue weighted by atomic mass is 16.3. The summed E-state index contributed by atoms with van der Waals surface area (Å²) < 4.78 is 11.2. The molecule has 0 aliphatic carbocycles. The highest BCUT2D eigenvalue weighted by Crippen LogP contribution is 2.39. The Morgan fingerprint density at radius 3 is 1.39 bits per heavy atom. The minimum Gasteiger partial charge on any atom is -0.456 e. The van der Waals surface area contributed by atoms with Crippen LogP contribution in [0, 0.1) is 0 Å². The van der Waals surface area contributed by atoms with Crippen LogP contribution in [0.4, 0.5) is 0 Å². The van der Waals surface area contributed by atoms with Crippen molar-refractivity contribution in [3.8, 4) is 33.6 Å². The van der Waals surface area contributed by atoms with E-state index in [1.807, 2.05) is 0 Å². The van der Waals surface area contributed by atoms with Crippen LogP contribution in [0.2, 0.25) is 0 Å². The normalized spacial score (nSPS) is 11.9. The largest absolute Gasteiger partial charge is 0.456 e. The standard InChI is InChI=1S/C48H30N2O/c1-2-11-31(12-3-1)32-13-10-14-33(27-32)34-21-25-47-41(28-34)42-30-36(23-26-48(42)51-47)50-45-20-9-6-17-39(45)40-29-35(22-24-46(40)50)49-43-18-7-4-15-37(43)38-16-5-8-19-44(38)49/h1-30H. The number of benzene rings is 8. The second-order valence-electron chi connectivity index (χ2n) is 13.4. The average Bonchev–Trinajstić information content (AvgIpc) is 3.85. The van der Waals surface area contributed by atoms with Gasteiger partial charge in [0.25, 0.3) is 0 Å². The van der Waals surface area contributed by atoms with E-state index in [0.717, 1.165) is 33.3 Å². The van der Waals surface area contributed by atoms with E-state index in [2.05, 4.69) is 191 Å². The minimum absolute atomic E-state index is 0.887. The van der Waals surface area contributed by atoms with Gasteiger partial charge in [-0.2, -0.15) is 0 Å². The number of furan rings is 1. The van der Waals surface area contributed by atoms with Gasteiger partial charge in [0.15, 0.2) is 0 Å². The van der Waals surface area contributed by atoms with E-state index in [1.54, 1.807) is 0 Å². The van der Waals surface area contributed by atoms with Gasteiger partial charge in [0.1, 0.15) is 11.2 Å². The molecule has 3 aromatic heterocycles. The maximum Gasteiger partial charge on any atom is 0.135 e. The second-order valence-corrected chi connectivity index (χ2v) is 13.4. The van der Waals surface area contributed by atoms with Gasteiger partial charge in [0.05, 0.1) is 22.1 Å². The van der Waals surface area contributed by atoms with Crippen molar-refractivity contribution in [2.75, 3.05) is 0 Å². The van der Waals surface area contributed by atoms with E-state index >= 15 is 0 Å². The first-order valence-electron chi connectivity index (χ1n) is 17.4. The molecular weight excluding hydrogens is 621 g/mol. The molecule has 8 aromatic carbocycles. The lowest BCUT2D eigenvalue weighted by Crippen LogP contribution is -1.95. The van der Waals surface area contributed by atoms with Crippen LogP contribution in [-0.2, 0) is 0 Å². The molecule has 3 heterocycles. The van der Waals surface area contributed by atoms with Crippen molar-refractivity contribution in [2.24, 2.45) is 0 Å². The summed E-state index contributed by atoms with van der Waals surface area (Å²) >= 11 is 0. The Morgan fingerprint density at radius 2 is 0.725 bits per heavy atom. The molecule has 0 N–H and O–H groups in total. The summed E-state index contributed by atoms with van der Waals surface area (Å²) in [5, 5.41) is 7.21. The van der Waals surface area contributed by atoms with E-state index in [4.69, 9.17) is 4.42 Å². The molecule has 0 spiro atoms. The van der Waals surface area contributed by atoms with Crippen LogP contribution in [0.25, 0.3) is 99.2 Å². The first kappa shape index (κ1) is 28.0. The van der Waals surface area contributed by atoms with E-state index in [0.29, 0.717) is 0 Å². The fourth-order valence-corrected chi connectivity index (χ4v) is 8.17. The molecule has 11 aromatic rings. The second kappa shape index (κ2) is 10.8. The van der Waals surface area contributed by atoms with E-state index in [9.17, 15) is 0 Å². The van der Waals surface area contributed by atoms with Gasteiger partial charge in [-0.25, -0.2) is 0 Å². The van der Waals surface area contributed by atoms with Crippen molar-refractivity contribution in [2.45, 2.75) is 0 Å². The Labute approximate surface area is 293 Å². The molecule has 0 unspecified atom stereocenters. The van der Waals surface area contributed by atoms with Gasteiger partial charge in [-0.1, -0.05) is 109 Å². The molecule has 238 valence electrons. The van der Waals surface area contributed by atoms with Crippen molar-refractivity contribution in [3.05, 3.63) is 182 Å². The molecule has 0 amide bonds. The van der Waals surface area contributed by atoms with E-state index in [-0.39, 0.29) is 0 Å². The Hall–Kier alpha value is -6.84. The molecule has 0 radical (unpaired) electrons. The van der Waals surface area contributed by atoms with Crippen LogP contribution in [0.1, 0.15) is 0 Å². The topological polar surface area (TPSA) is 23.0 Å². The van der Waals surface area contributed by atoms with Gasteiger partial charge in [-0.3, -0.25) is 0 Å². The van der Waals surface area contributed by atoms with E-state index < -0.39 is 0 Å². The van der Waals surface area contributed by atoms with Crippen molar-refractivity contribution in [3.63, 3.8) is 0 Å². The number of rotatable bonds is 4. The van der Waals surface area contributed by atoms with Crippen LogP contribution >= 0.6 is 0 Å². The molecule has 3 nitrogen and oxygen atoms in total.